The van der Waals surface area contributed by atoms with Gasteiger partial charge in [-0.3, -0.25) is 4.79 Å². The third-order valence-electron chi connectivity index (χ3n) is 7.71. The summed E-state index contributed by atoms with van der Waals surface area (Å²) in [6.07, 6.45) is 2.89. The number of carbonyl (C=O) groups is 1. The molecule has 1 unspecified atom stereocenters. The normalized spacial score (nSPS) is 20.9. The minimum atomic E-state index is 0.0373. The zero-order valence-corrected chi connectivity index (χ0v) is 23.3. The van der Waals surface area contributed by atoms with E-state index in [-0.39, 0.29) is 17.9 Å². The number of anilines is 1. The minimum absolute atomic E-state index is 0.0373. The van der Waals surface area contributed by atoms with Gasteiger partial charge in [0.25, 0.3) is 0 Å². The molecule has 4 rings (SSSR count). The lowest BCUT2D eigenvalue weighted by Crippen LogP contribution is -2.48. The summed E-state index contributed by atoms with van der Waals surface area (Å²) in [6.45, 7) is 6.95. The first-order valence-electron chi connectivity index (χ1n) is 13.7. The Bertz CT molecular complexity index is 1030. The molecule has 1 saturated heterocycles. The lowest BCUT2D eigenvalue weighted by atomic mass is 9.83. The maximum absolute atomic E-state index is 11.7. The summed E-state index contributed by atoms with van der Waals surface area (Å²) in [5, 5.41) is 3.68. The first kappa shape index (κ1) is 28.2. The van der Waals surface area contributed by atoms with Crippen molar-refractivity contribution < 1.29 is 23.7 Å². The molecule has 1 N–H and O–H groups in total. The predicted molar refractivity (Wildman–Crippen MR) is 149 cm³/mol. The van der Waals surface area contributed by atoms with Crippen molar-refractivity contribution in [2.75, 3.05) is 65.6 Å². The fraction of sp³-hybridized carbons (Fsp3) is 0.567. The van der Waals surface area contributed by atoms with E-state index in [1.165, 1.54) is 5.56 Å². The number of methoxy groups -OCH3 is 2. The predicted octanol–water partition coefficient (Wildman–Crippen LogP) is 3.83. The van der Waals surface area contributed by atoms with Crippen LogP contribution in [0.4, 0.5) is 5.69 Å². The SMILES string of the molecule is COCCCN1CCOc2ccc(CO[C@H]3CNC(CCN(C)C(C)=O)C[C@@H]3c3ccc(OC)cc3)cc21. The Morgan fingerprint density at radius 1 is 1.18 bits per heavy atom. The maximum atomic E-state index is 11.7. The number of fused-ring (bicyclic) bond motifs is 1. The second-order valence-corrected chi connectivity index (χ2v) is 10.3. The van der Waals surface area contributed by atoms with E-state index in [0.29, 0.717) is 19.3 Å². The Labute approximate surface area is 227 Å². The molecule has 0 aromatic heterocycles. The molecule has 0 saturated carbocycles. The fourth-order valence-corrected chi connectivity index (χ4v) is 5.31. The molecule has 2 aromatic carbocycles. The summed E-state index contributed by atoms with van der Waals surface area (Å²) in [7, 11) is 5.30. The molecule has 2 heterocycles. The largest absolute Gasteiger partial charge is 0.497 e. The Morgan fingerprint density at radius 3 is 2.74 bits per heavy atom. The molecule has 2 aliphatic heterocycles. The number of piperidine rings is 1. The topological polar surface area (TPSA) is 72.5 Å². The van der Waals surface area contributed by atoms with Crippen molar-refractivity contribution >= 4 is 11.6 Å². The van der Waals surface area contributed by atoms with Crippen molar-refractivity contribution in [3.8, 4) is 11.5 Å². The number of nitrogens with zero attached hydrogens (tertiary/aromatic N) is 2. The summed E-state index contributed by atoms with van der Waals surface area (Å²) < 4.78 is 23.1. The maximum Gasteiger partial charge on any atom is 0.219 e. The van der Waals surface area contributed by atoms with Gasteiger partial charge in [0.05, 0.1) is 32.1 Å². The number of amides is 1. The summed E-state index contributed by atoms with van der Waals surface area (Å²) in [5.41, 5.74) is 3.53. The lowest BCUT2D eigenvalue weighted by Gasteiger charge is -2.38. The molecule has 0 aliphatic carbocycles. The van der Waals surface area contributed by atoms with E-state index in [1.807, 2.05) is 19.2 Å². The van der Waals surface area contributed by atoms with Gasteiger partial charge in [-0.2, -0.15) is 0 Å². The summed E-state index contributed by atoms with van der Waals surface area (Å²) >= 11 is 0. The number of hydrogen-bond donors (Lipinski definition) is 1. The molecule has 2 aliphatic rings. The fourth-order valence-electron chi connectivity index (χ4n) is 5.31. The number of rotatable bonds is 12. The zero-order chi connectivity index (χ0) is 26.9. The number of benzene rings is 2. The van der Waals surface area contributed by atoms with Crippen LogP contribution >= 0.6 is 0 Å². The Balaban J connectivity index is 1.44. The quantitative estimate of drug-likeness (QED) is 0.422. The van der Waals surface area contributed by atoms with Crippen molar-refractivity contribution in [1.29, 1.82) is 0 Å². The van der Waals surface area contributed by atoms with Gasteiger partial charge >= 0.3 is 0 Å². The van der Waals surface area contributed by atoms with E-state index in [0.717, 1.165) is 74.8 Å². The smallest absolute Gasteiger partial charge is 0.219 e. The minimum Gasteiger partial charge on any atom is -0.497 e. The van der Waals surface area contributed by atoms with Crippen LogP contribution in [0.15, 0.2) is 42.5 Å². The first-order valence-corrected chi connectivity index (χ1v) is 13.7. The van der Waals surface area contributed by atoms with Crippen molar-refractivity contribution in [2.24, 2.45) is 0 Å². The van der Waals surface area contributed by atoms with Crippen LogP contribution < -0.4 is 19.7 Å². The monoisotopic (exact) mass is 525 g/mol. The van der Waals surface area contributed by atoms with E-state index in [4.69, 9.17) is 18.9 Å². The van der Waals surface area contributed by atoms with Crippen molar-refractivity contribution in [3.05, 3.63) is 53.6 Å². The van der Waals surface area contributed by atoms with Crippen LogP contribution in [0.3, 0.4) is 0 Å². The van der Waals surface area contributed by atoms with Gasteiger partial charge in [-0.25, -0.2) is 0 Å². The molecule has 0 radical (unpaired) electrons. The number of hydrogen-bond acceptors (Lipinski definition) is 7. The van der Waals surface area contributed by atoms with Gasteiger partial charge in [0.1, 0.15) is 18.1 Å². The molecular formula is C30H43N3O5. The van der Waals surface area contributed by atoms with Gasteiger partial charge in [0, 0.05) is 59.3 Å². The van der Waals surface area contributed by atoms with Crippen molar-refractivity contribution in [2.45, 2.75) is 50.9 Å². The van der Waals surface area contributed by atoms with Gasteiger partial charge in [-0.1, -0.05) is 18.2 Å². The van der Waals surface area contributed by atoms with Crippen molar-refractivity contribution in [1.82, 2.24) is 10.2 Å². The number of nitrogens with one attached hydrogen (secondary N) is 1. The first-order chi connectivity index (χ1) is 18.5. The van der Waals surface area contributed by atoms with Gasteiger partial charge in [-0.05, 0) is 54.7 Å². The second-order valence-electron chi connectivity index (χ2n) is 10.3. The highest BCUT2D eigenvalue weighted by Crippen LogP contribution is 2.35. The third kappa shape index (κ3) is 7.40. The van der Waals surface area contributed by atoms with Crippen molar-refractivity contribution in [3.63, 3.8) is 0 Å². The van der Waals surface area contributed by atoms with Gasteiger partial charge in [0.2, 0.25) is 5.91 Å². The van der Waals surface area contributed by atoms with Gasteiger partial charge < -0.3 is 34.1 Å². The second kappa shape index (κ2) is 13.8. The molecule has 2 aromatic rings. The lowest BCUT2D eigenvalue weighted by molar-refractivity contribution is -0.127. The van der Waals surface area contributed by atoms with E-state index in [9.17, 15) is 4.79 Å². The standard InChI is InChI=1S/C30H43N3O5/c1-22(34)32(2)14-12-25-19-27(24-7-9-26(36-4)10-8-24)30(20-31-25)38-21-23-6-11-29-28(18-23)33(15-17-37-29)13-5-16-35-3/h6-11,18,25,27,30-31H,5,12-17,19-21H2,1-4H3/t25?,27-,30+/m1/s1. The average Bonchev–Trinajstić information content (AvgIpc) is 2.95. The summed E-state index contributed by atoms with van der Waals surface area (Å²) in [6, 6.07) is 15.1. The Kier molecular flexibility index (Phi) is 10.3. The summed E-state index contributed by atoms with van der Waals surface area (Å²) in [4.78, 5) is 15.8. The van der Waals surface area contributed by atoms with Crippen LogP contribution in [0.2, 0.25) is 0 Å². The highest BCUT2D eigenvalue weighted by molar-refractivity contribution is 5.72. The molecule has 8 nitrogen and oxygen atoms in total. The molecule has 208 valence electrons. The molecule has 3 atom stereocenters. The zero-order valence-electron chi connectivity index (χ0n) is 23.3. The highest BCUT2D eigenvalue weighted by atomic mass is 16.5. The average molecular weight is 526 g/mol. The summed E-state index contributed by atoms with van der Waals surface area (Å²) in [5.74, 6) is 2.14. The highest BCUT2D eigenvalue weighted by Gasteiger charge is 2.32. The molecule has 1 fully saturated rings. The molecule has 1 amide bonds. The molecule has 8 heteroatoms. The van der Waals surface area contributed by atoms with Gasteiger partial charge in [0.15, 0.2) is 0 Å². The van der Waals surface area contributed by atoms with E-state index < -0.39 is 0 Å². The van der Waals surface area contributed by atoms with E-state index in [2.05, 4.69) is 40.5 Å². The van der Waals surface area contributed by atoms with E-state index in [1.54, 1.807) is 26.0 Å². The third-order valence-corrected chi connectivity index (χ3v) is 7.71. The van der Waals surface area contributed by atoms with Crippen LogP contribution in [0.5, 0.6) is 11.5 Å². The number of ether oxygens (including phenoxy) is 4. The molecular weight excluding hydrogens is 482 g/mol. The Hall–Kier alpha value is -2.81. The van der Waals surface area contributed by atoms with Gasteiger partial charge in [-0.15, -0.1) is 0 Å². The van der Waals surface area contributed by atoms with Crippen LogP contribution in [-0.4, -0.2) is 83.6 Å². The van der Waals surface area contributed by atoms with Crippen LogP contribution in [0, 0.1) is 0 Å². The molecule has 0 bridgehead atoms. The van der Waals surface area contributed by atoms with Crippen LogP contribution in [0.1, 0.15) is 43.2 Å². The van der Waals surface area contributed by atoms with Crippen LogP contribution in [-0.2, 0) is 20.9 Å². The van der Waals surface area contributed by atoms with E-state index >= 15 is 0 Å². The number of carbonyl (C=O) groups excluding carboxylic acids is 1. The Morgan fingerprint density at radius 2 is 2.00 bits per heavy atom. The molecule has 0 spiro atoms. The van der Waals surface area contributed by atoms with Crippen LogP contribution in [0.25, 0.3) is 0 Å². The molecule has 38 heavy (non-hydrogen) atoms.